The molecule has 0 heterocycles. The van der Waals surface area contributed by atoms with E-state index in [2.05, 4.69) is 20.6 Å². The Hall–Kier alpha value is -4.58. The van der Waals surface area contributed by atoms with Crippen molar-refractivity contribution in [1.82, 2.24) is 0 Å². The number of nitrogens with two attached hydrogens (primary N) is 2. The third-order valence-corrected chi connectivity index (χ3v) is 4.82. The summed E-state index contributed by atoms with van der Waals surface area (Å²) in [6, 6.07) is 35.2. The number of nitrogens with one attached hydrogen (secondary N) is 2. The molecule has 0 aliphatic carbocycles. The number of rotatable bonds is 4. The minimum absolute atomic E-state index is 0.386. The average molecular weight is 451 g/mol. The predicted octanol–water partition coefficient (Wildman–Crippen LogP) is 6.11. The Morgan fingerprint density at radius 2 is 1.09 bits per heavy atom. The number of anilines is 2. The molecule has 0 aliphatic rings. The van der Waals surface area contributed by atoms with Gasteiger partial charge in [0.2, 0.25) is 0 Å². The Balaban J connectivity index is 0.000000192. The van der Waals surface area contributed by atoms with Gasteiger partial charge in [0.15, 0.2) is 11.9 Å². The minimum Gasteiger partial charge on any atom is -0.369 e. The average Bonchev–Trinajstić information content (AvgIpc) is 2.84. The fraction of sp³-hybridized carbons (Fsp3) is 0.0714. The van der Waals surface area contributed by atoms with E-state index in [9.17, 15) is 0 Å². The van der Waals surface area contributed by atoms with Crippen LogP contribution in [0.4, 0.5) is 22.7 Å². The molecule has 0 fully saturated rings. The van der Waals surface area contributed by atoms with Crippen molar-refractivity contribution in [2.45, 2.75) is 13.8 Å². The first-order valence-corrected chi connectivity index (χ1v) is 10.9. The van der Waals surface area contributed by atoms with Crippen LogP contribution in [-0.2, 0) is 0 Å². The van der Waals surface area contributed by atoms with Crippen molar-refractivity contribution in [2.24, 2.45) is 21.5 Å². The van der Waals surface area contributed by atoms with Gasteiger partial charge in [0, 0.05) is 11.4 Å². The molecule has 0 saturated carbocycles. The number of guanidine groups is 2. The highest BCUT2D eigenvalue weighted by atomic mass is 15.1. The summed E-state index contributed by atoms with van der Waals surface area (Å²) in [5.41, 5.74) is 17.6. The summed E-state index contributed by atoms with van der Waals surface area (Å²) in [5.74, 6) is 0.788. The van der Waals surface area contributed by atoms with Gasteiger partial charge in [-0.15, -0.1) is 0 Å². The fourth-order valence-corrected chi connectivity index (χ4v) is 3.04. The Morgan fingerprint density at radius 1 is 0.559 bits per heavy atom. The molecule has 4 aromatic carbocycles. The van der Waals surface area contributed by atoms with Crippen molar-refractivity contribution < 1.29 is 0 Å². The topological polar surface area (TPSA) is 101 Å². The first-order chi connectivity index (χ1) is 16.5. The van der Waals surface area contributed by atoms with Crippen LogP contribution in [0.15, 0.2) is 119 Å². The SMILES string of the molecule is Cc1ccccc1N=C(N)Nc1ccccc1C.NC(=Nc1ccccc1)Nc1ccccc1. The number of benzene rings is 4. The highest BCUT2D eigenvalue weighted by Crippen LogP contribution is 2.18. The van der Waals surface area contributed by atoms with Gasteiger partial charge in [-0.25, -0.2) is 9.98 Å². The fourth-order valence-electron chi connectivity index (χ4n) is 3.04. The van der Waals surface area contributed by atoms with Gasteiger partial charge in [-0.2, -0.15) is 0 Å². The highest BCUT2D eigenvalue weighted by molar-refractivity contribution is 5.95. The lowest BCUT2D eigenvalue weighted by atomic mass is 10.2. The van der Waals surface area contributed by atoms with E-state index in [1.165, 1.54) is 0 Å². The van der Waals surface area contributed by atoms with Crippen molar-refractivity contribution in [3.05, 3.63) is 120 Å². The monoisotopic (exact) mass is 450 g/mol. The van der Waals surface area contributed by atoms with E-state index in [0.29, 0.717) is 11.9 Å². The molecule has 0 bridgehead atoms. The zero-order valence-electron chi connectivity index (χ0n) is 19.4. The number of hydrogen-bond acceptors (Lipinski definition) is 2. The summed E-state index contributed by atoms with van der Waals surface area (Å²) in [6.45, 7) is 4.04. The molecule has 6 nitrogen and oxygen atoms in total. The van der Waals surface area contributed by atoms with Crippen molar-refractivity contribution in [1.29, 1.82) is 0 Å². The van der Waals surface area contributed by atoms with Crippen LogP contribution in [0.25, 0.3) is 0 Å². The summed E-state index contributed by atoms with van der Waals surface area (Å²) in [6.07, 6.45) is 0. The molecule has 34 heavy (non-hydrogen) atoms. The maximum absolute atomic E-state index is 5.91. The molecule has 4 rings (SSSR count). The maximum atomic E-state index is 5.91. The molecule has 6 N–H and O–H groups in total. The second-order valence-electron chi connectivity index (χ2n) is 7.55. The van der Waals surface area contributed by atoms with Crippen molar-refractivity contribution in [3.8, 4) is 0 Å². The number of hydrogen-bond donors (Lipinski definition) is 4. The lowest BCUT2D eigenvalue weighted by Crippen LogP contribution is -2.22. The number of para-hydroxylation sites is 4. The van der Waals surface area contributed by atoms with E-state index in [0.717, 1.165) is 33.9 Å². The molecule has 4 aromatic rings. The normalized spacial score (nSPS) is 11.2. The molecule has 172 valence electrons. The maximum Gasteiger partial charge on any atom is 0.198 e. The van der Waals surface area contributed by atoms with Crippen LogP contribution in [-0.4, -0.2) is 11.9 Å². The van der Waals surface area contributed by atoms with Gasteiger partial charge < -0.3 is 22.1 Å². The van der Waals surface area contributed by atoms with Crippen molar-refractivity contribution in [3.63, 3.8) is 0 Å². The summed E-state index contributed by atoms with van der Waals surface area (Å²) in [7, 11) is 0. The molecule has 0 radical (unpaired) electrons. The van der Waals surface area contributed by atoms with E-state index in [1.54, 1.807) is 0 Å². The third kappa shape index (κ3) is 7.84. The number of nitrogens with zero attached hydrogens (tertiary/aromatic N) is 2. The Labute approximate surface area is 201 Å². The highest BCUT2D eigenvalue weighted by Gasteiger charge is 2.00. The minimum atomic E-state index is 0.386. The molecule has 0 aliphatic heterocycles. The van der Waals surface area contributed by atoms with Gasteiger partial charge in [-0.3, -0.25) is 0 Å². The van der Waals surface area contributed by atoms with Gasteiger partial charge in [-0.1, -0.05) is 72.8 Å². The largest absolute Gasteiger partial charge is 0.369 e. The van der Waals surface area contributed by atoms with Crippen molar-refractivity contribution in [2.75, 3.05) is 10.6 Å². The first-order valence-electron chi connectivity index (χ1n) is 10.9. The van der Waals surface area contributed by atoms with Gasteiger partial charge in [-0.05, 0) is 61.4 Å². The molecular weight excluding hydrogens is 420 g/mol. The summed E-state index contributed by atoms with van der Waals surface area (Å²) < 4.78 is 0. The smallest absolute Gasteiger partial charge is 0.198 e. The number of aliphatic imine (C=N–C) groups is 2. The third-order valence-electron chi connectivity index (χ3n) is 4.82. The molecule has 0 saturated heterocycles. The van der Waals surface area contributed by atoms with E-state index >= 15 is 0 Å². The zero-order valence-corrected chi connectivity index (χ0v) is 19.4. The zero-order chi connectivity index (χ0) is 24.2. The van der Waals surface area contributed by atoms with Crippen LogP contribution >= 0.6 is 0 Å². The second kappa shape index (κ2) is 12.5. The Bertz CT molecular complexity index is 1230. The van der Waals surface area contributed by atoms with E-state index in [1.807, 2.05) is 123 Å². The summed E-state index contributed by atoms with van der Waals surface area (Å²) in [4.78, 5) is 8.62. The molecule has 6 heteroatoms. The Kier molecular flexibility index (Phi) is 8.82. The quantitative estimate of drug-likeness (QED) is 0.223. The Morgan fingerprint density at radius 3 is 1.74 bits per heavy atom. The lowest BCUT2D eigenvalue weighted by Gasteiger charge is -2.08. The molecule has 0 aromatic heterocycles. The molecule has 0 spiro atoms. The van der Waals surface area contributed by atoms with Gasteiger partial charge in [0.1, 0.15) is 0 Å². The lowest BCUT2D eigenvalue weighted by molar-refractivity contribution is 1.36. The van der Waals surface area contributed by atoms with Crippen LogP contribution in [0.2, 0.25) is 0 Å². The van der Waals surface area contributed by atoms with Crippen molar-refractivity contribution >= 4 is 34.7 Å². The van der Waals surface area contributed by atoms with E-state index in [-0.39, 0.29) is 0 Å². The van der Waals surface area contributed by atoms with Crippen LogP contribution in [0.1, 0.15) is 11.1 Å². The predicted molar refractivity (Wildman–Crippen MR) is 145 cm³/mol. The van der Waals surface area contributed by atoms with Gasteiger partial charge >= 0.3 is 0 Å². The second-order valence-corrected chi connectivity index (χ2v) is 7.55. The van der Waals surface area contributed by atoms with Gasteiger partial charge in [0.25, 0.3) is 0 Å². The van der Waals surface area contributed by atoms with Crippen LogP contribution in [0, 0.1) is 13.8 Å². The molecule has 0 unspecified atom stereocenters. The van der Waals surface area contributed by atoms with Crippen LogP contribution in [0.3, 0.4) is 0 Å². The van der Waals surface area contributed by atoms with E-state index < -0.39 is 0 Å². The molecule has 0 atom stereocenters. The van der Waals surface area contributed by atoms with Gasteiger partial charge in [0.05, 0.1) is 11.4 Å². The summed E-state index contributed by atoms with van der Waals surface area (Å²) >= 11 is 0. The van der Waals surface area contributed by atoms with Crippen LogP contribution in [0.5, 0.6) is 0 Å². The molecule has 0 amide bonds. The van der Waals surface area contributed by atoms with E-state index in [4.69, 9.17) is 11.5 Å². The van der Waals surface area contributed by atoms with Crippen LogP contribution < -0.4 is 22.1 Å². The number of aryl methyl sites for hydroxylation is 2. The standard InChI is InChI=1S/C15H17N3.C13H13N3/c1-11-7-3-5-9-13(11)17-15(16)18-14-10-6-4-8-12(14)2;14-13(15-11-7-3-1-4-8-11)16-12-9-5-2-6-10-12/h3-10H,1-2H3,(H3,16,17,18);1-10H,(H3,14,15,16). The first kappa shape index (κ1) is 24.1. The molecular formula is C28H30N6. The summed E-state index contributed by atoms with van der Waals surface area (Å²) in [5, 5.41) is 6.13.